The Morgan fingerprint density at radius 3 is 2.57 bits per heavy atom. The molecule has 0 spiro atoms. The molecule has 1 aromatic carbocycles. The summed E-state index contributed by atoms with van der Waals surface area (Å²) in [5.74, 6) is 0.338. The number of halogens is 2. The van der Waals surface area contributed by atoms with Crippen LogP contribution in [0.3, 0.4) is 0 Å². The van der Waals surface area contributed by atoms with Gasteiger partial charge in [0.1, 0.15) is 17.5 Å². The van der Waals surface area contributed by atoms with Crippen molar-refractivity contribution in [3.63, 3.8) is 0 Å². The monoisotopic (exact) mass is 358 g/mol. The summed E-state index contributed by atoms with van der Waals surface area (Å²) in [6.07, 6.45) is 0. The van der Waals surface area contributed by atoms with E-state index in [0.29, 0.717) is 11.6 Å². The molecule has 2 aromatic rings. The summed E-state index contributed by atoms with van der Waals surface area (Å²) < 4.78 is 39.9. The molecule has 23 heavy (non-hydrogen) atoms. The molecule has 1 aromatic heterocycles. The lowest BCUT2D eigenvalue weighted by atomic mass is 10.3. The van der Waals surface area contributed by atoms with Gasteiger partial charge in [-0.25, -0.2) is 27.5 Å². The molecule has 1 N–H and O–H groups in total. The maximum atomic E-state index is 13.1. The normalized spacial score (nSPS) is 11.5. The van der Waals surface area contributed by atoms with Crippen molar-refractivity contribution in [3.05, 3.63) is 46.6 Å². The molecule has 0 unspecified atom stereocenters. The Balaban J connectivity index is 2.20. The SMILES string of the molecule is Cc1cc(N(C)C)nc(CNS(=O)(=O)c2ccc(F)c(Cl)c2)n1. The van der Waals surface area contributed by atoms with Crippen molar-refractivity contribution in [2.75, 3.05) is 19.0 Å². The van der Waals surface area contributed by atoms with Gasteiger partial charge >= 0.3 is 0 Å². The van der Waals surface area contributed by atoms with E-state index in [1.807, 2.05) is 14.1 Å². The van der Waals surface area contributed by atoms with Crippen LogP contribution < -0.4 is 9.62 Å². The third-order valence-electron chi connectivity index (χ3n) is 2.97. The molecule has 0 atom stereocenters. The minimum atomic E-state index is -3.84. The Hall–Kier alpha value is -1.77. The highest BCUT2D eigenvalue weighted by atomic mass is 35.5. The van der Waals surface area contributed by atoms with Gasteiger partial charge in [-0.3, -0.25) is 0 Å². The van der Waals surface area contributed by atoms with Gasteiger partial charge in [0, 0.05) is 25.9 Å². The zero-order chi connectivity index (χ0) is 17.2. The van der Waals surface area contributed by atoms with E-state index in [9.17, 15) is 12.8 Å². The minimum absolute atomic E-state index is 0.0835. The van der Waals surface area contributed by atoms with Gasteiger partial charge in [0.2, 0.25) is 10.0 Å². The second-order valence-electron chi connectivity index (χ2n) is 5.08. The van der Waals surface area contributed by atoms with Crippen molar-refractivity contribution < 1.29 is 12.8 Å². The van der Waals surface area contributed by atoms with Crippen LogP contribution in [0, 0.1) is 12.7 Å². The fourth-order valence-electron chi connectivity index (χ4n) is 1.81. The first-order chi connectivity index (χ1) is 10.7. The van der Waals surface area contributed by atoms with E-state index in [-0.39, 0.29) is 16.5 Å². The molecule has 6 nitrogen and oxygen atoms in total. The van der Waals surface area contributed by atoms with Gasteiger partial charge in [-0.2, -0.15) is 0 Å². The molecule has 0 saturated carbocycles. The van der Waals surface area contributed by atoms with Gasteiger partial charge in [0.25, 0.3) is 0 Å². The Kier molecular flexibility index (Phi) is 5.18. The van der Waals surface area contributed by atoms with E-state index in [4.69, 9.17) is 11.6 Å². The zero-order valence-electron chi connectivity index (χ0n) is 12.8. The number of nitrogens with one attached hydrogen (secondary N) is 1. The van der Waals surface area contributed by atoms with Gasteiger partial charge in [-0.1, -0.05) is 11.6 Å². The number of benzene rings is 1. The average molecular weight is 359 g/mol. The van der Waals surface area contributed by atoms with E-state index >= 15 is 0 Å². The zero-order valence-corrected chi connectivity index (χ0v) is 14.4. The van der Waals surface area contributed by atoms with Crippen molar-refractivity contribution in [2.24, 2.45) is 0 Å². The molecule has 2 rings (SSSR count). The molecule has 124 valence electrons. The van der Waals surface area contributed by atoms with E-state index in [1.54, 1.807) is 17.9 Å². The molecule has 0 aliphatic rings. The van der Waals surface area contributed by atoms with Crippen LogP contribution in [-0.2, 0) is 16.6 Å². The fourth-order valence-corrected chi connectivity index (χ4v) is 3.06. The number of hydrogen-bond donors (Lipinski definition) is 1. The summed E-state index contributed by atoms with van der Waals surface area (Å²) in [6.45, 7) is 1.71. The number of nitrogens with zero attached hydrogens (tertiary/aromatic N) is 3. The highest BCUT2D eigenvalue weighted by Crippen LogP contribution is 2.19. The Labute approximate surface area is 139 Å². The fraction of sp³-hybridized carbons (Fsp3) is 0.286. The standard InChI is InChI=1S/C14H16ClFN4O2S/c1-9-6-14(20(2)3)19-13(18-9)8-17-23(21,22)10-4-5-12(16)11(15)7-10/h4-7,17H,8H2,1-3H3. The molecule has 0 aliphatic carbocycles. The van der Waals surface area contributed by atoms with Crippen molar-refractivity contribution in [2.45, 2.75) is 18.4 Å². The highest BCUT2D eigenvalue weighted by molar-refractivity contribution is 7.89. The van der Waals surface area contributed by atoms with Crippen molar-refractivity contribution >= 4 is 27.4 Å². The molecule has 0 fully saturated rings. The Morgan fingerprint density at radius 2 is 1.96 bits per heavy atom. The molecule has 0 amide bonds. The van der Waals surface area contributed by atoms with E-state index in [1.165, 1.54) is 0 Å². The van der Waals surface area contributed by atoms with E-state index in [2.05, 4.69) is 14.7 Å². The van der Waals surface area contributed by atoms with Crippen LogP contribution >= 0.6 is 11.6 Å². The summed E-state index contributed by atoms with van der Waals surface area (Å²) in [5, 5.41) is -0.255. The highest BCUT2D eigenvalue weighted by Gasteiger charge is 2.16. The number of hydrogen-bond acceptors (Lipinski definition) is 5. The van der Waals surface area contributed by atoms with Crippen LogP contribution in [0.2, 0.25) is 5.02 Å². The molecule has 0 saturated heterocycles. The predicted octanol–water partition coefficient (Wildman–Crippen LogP) is 2.12. The average Bonchev–Trinajstić information content (AvgIpc) is 2.47. The Morgan fingerprint density at radius 1 is 1.26 bits per heavy atom. The first-order valence-electron chi connectivity index (χ1n) is 6.65. The van der Waals surface area contributed by atoms with Crippen LogP contribution in [0.25, 0.3) is 0 Å². The number of sulfonamides is 1. The number of aromatic nitrogens is 2. The van der Waals surface area contributed by atoms with Crippen molar-refractivity contribution in [1.29, 1.82) is 0 Å². The molecule has 9 heteroatoms. The third kappa shape index (κ3) is 4.37. The second-order valence-corrected chi connectivity index (χ2v) is 7.25. The van der Waals surface area contributed by atoms with Crippen LogP contribution in [0.5, 0.6) is 0 Å². The van der Waals surface area contributed by atoms with Crippen LogP contribution in [0.1, 0.15) is 11.5 Å². The number of anilines is 1. The maximum absolute atomic E-state index is 13.1. The van der Waals surface area contributed by atoms with E-state index < -0.39 is 15.8 Å². The van der Waals surface area contributed by atoms with Crippen LogP contribution in [-0.4, -0.2) is 32.5 Å². The quantitative estimate of drug-likeness (QED) is 0.886. The summed E-state index contributed by atoms with van der Waals surface area (Å²) in [4.78, 5) is 10.1. The summed E-state index contributed by atoms with van der Waals surface area (Å²) in [5.41, 5.74) is 0.725. The van der Waals surface area contributed by atoms with Crippen molar-refractivity contribution in [1.82, 2.24) is 14.7 Å². The smallest absolute Gasteiger partial charge is 0.241 e. The second kappa shape index (κ2) is 6.77. The first kappa shape index (κ1) is 17.6. The predicted molar refractivity (Wildman–Crippen MR) is 86.5 cm³/mol. The lowest BCUT2D eigenvalue weighted by Gasteiger charge is -2.13. The molecule has 1 heterocycles. The van der Waals surface area contributed by atoms with E-state index in [0.717, 1.165) is 23.9 Å². The van der Waals surface area contributed by atoms with Crippen LogP contribution in [0.4, 0.5) is 10.2 Å². The largest absolute Gasteiger partial charge is 0.363 e. The topological polar surface area (TPSA) is 75.2 Å². The Bertz CT molecular complexity index is 828. The summed E-state index contributed by atoms with van der Waals surface area (Å²) in [6, 6.07) is 5.00. The number of aryl methyl sites for hydroxylation is 1. The molecule has 0 bridgehead atoms. The molecule has 0 radical (unpaired) electrons. The maximum Gasteiger partial charge on any atom is 0.241 e. The summed E-state index contributed by atoms with van der Waals surface area (Å²) in [7, 11) is -0.179. The van der Waals surface area contributed by atoms with Crippen molar-refractivity contribution in [3.8, 4) is 0 Å². The lowest BCUT2D eigenvalue weighted by Crippen LogP contribution is -2.25. The number of rotatable bonds is 5. The molecule has 0 aliphatic heterocycles. The molecular weight excluding hydrogens is 343 g/mol. The first-order valence-corrected chi connectivity index (χ1v) is 8.52. The minimum Gasteiger partial charge on any atom is -0.363 e. The van der Waals surface area contributed by atoms with Gasteiger partial charge < -0.3 is 4.90 Å². The van der Waals surface area contributed by atoms with Gasteiger partial charge in [-0.15, -0.1) is 0 Å². The van der Waals surface area contributed by atoms with Gasteiger partial charge in [-0.05, 0) is 25.1 Å². The summed E-state index contributed by atoms with van der Waals surface area (Å²) >= 11 is 5.62. The van der Waals surface area contributed by atoms with Gasteiger partial charge in [0.05, 0.1) is 16.5 Å². The van der Waals surface area contributed by atoms with Gasteiger partial charge in [0.15, 0.2) is 0 Å². The molecular formula is C14H16ClFN4O2S. The van der Waals surface area contributed by atoms with Crippen LogP contribution in [0.15, 0.2) is 29.2 Å². The lowest BCUT2D eigenvalue weighted by molar-refractivity contribution is 0.578. The third-order valence-corrected chi connectivity index (χ3v) is 4.66.